The normalized spacial score (nSPS) is 11.6. The van der Waals surface area contributed by atoms with E-state index in [0.29, 0.717) is 13.0 Å². The van der Waals surface area contributed by atoms with Crippen molar-refractivity contribution in [3.63, 3.8) is 0 Å². The molecule has 3 N–H and O–H groups in total. The lowest BCUT2D eigenvalue weighted by Gasteiger charge is -2.12. The summed E-state index contributed by atoms with van der Waals surface area (Å²) >= 11 is 0. The number of rotatable bonds is 8. The number of hydrogen-bond donors (Lipinski definition) is 2. The number of carbonyl (C=O) groups is 1. The number of unbranched alkanes of at least 4 members (excludes halogenated alkanes) is 1. The SMILES string of the molecule is CCc1ccc(C(C)CC(=O)NCCCCN)cc1.Cl. The van der Waals surface area contributed by atoms with Crippen LogP contribution in [-0.4, -0.2) is 19.0 Å². The summed E-state index contributed by atoms with van der Waals surface area (Å²) in [6, 6.07) is 8.55. The van der Waals surface area contributed by atoms with Crippen molar-refractivity contribution in [2.24, 2.45) is 5.73 Å². The smallest absolute Gasteiger partial charge is 0.220 e. The second kappa shape index (κ2) is 10.7. The van der Waals surface area contributed by atoms with E-state index < -0.39 is 0 Å². The number of hydrogen-bond acceptors (Lipinski definition) is 2. The number of nitrogens with one attached hydrogen (secondary N) is 1. The van der Waals surface area contributed by atoms with Gasteiger partial charge in [0.2, 0.25) is 5.91 Å². The standard InChI is InChI=1S/C16H26N2O.ClH/c1-3-14-6-8-15(9-7-14)13(2)12-16(19)18-11-5-4-10-17;/h6-9,13H,3-5,10-12,17H2,1-2H3,(H,18,19);1H. The minimum absolute atomic E-state index is 0. The Morgan fingerprint density at radius 3 is 2.45 bits per heavy atom. The fourth-order valence-corrected chi connectivity index (χ4v) is 2.05. The van der Waals surface area contributed by atoms with E-state index >= 15 is 0 Å². The van der Waals surface area contributed by atoms with Crippen molar-refractivity contribution in [3.05, 3.63) is 35.4 Å². The molecule has 0 saturated heterocycles. The topological polar surface area (TPSA) is 55.1 Å². The van der Waals surface area contributed by atoms with Crippen LogP contribution in [0.1, 0.15) is 50.2 Å². The first-order valence-electron chi connectivity index (χ1n) is 7.23. The molecule has 1 amide bonds. The fraction of sp³-hybridized carbons (Fsp3) is 0.562. The third-order valence-corrected chi connectivity index (χ3v) is 3.40. The van der Waals surface area contributed by atoms with Gasteiger partial charge in [-0.3, -0.25) is 4.79 Å². The molecule has 1 aromatic carbocycles. The Hall–Kier alpha value is -1.06. The molecule has 1 atom stereocenters. The van der Waals surface area contributed by atoms with Gasteiger partial charge < -0.3 is 11.1 Å². The molecule has 0 bridgehead atoms. The zero-order chi connectivity index (χ0) is 14.1. The van der Waals surface area contributed by atoms with Gasteiger partial charge in [0.25, 0.3) is 0 Å². The number of carbonyl (C=O) groups excluding carboxylic acids is 1. The Morgan fingerprint density at radius 2 is 1.90 bits per heavy atom. The number of halogens is 1. The van der Waals surface area contributed by atoms with Crippen LogP contribution in [0.4, 0.5) is 0 Å². The first kappa shape index (κ1) is 18.9. The Bertz CT molecular complexity index is 379. The fourth-order valence-electron chi connectivity index (χ4n) is 2.05. The molecule has 0 spiro atoms. The van der Waals surface area contributed by atoms with Gasteiger partial charge in [-0.05, 0) is 42.9 Å². The minimum atomic E-state index is 0. The van der Waals surface area contributed by atoms with E-state index in [0.717, 1.165) is 25.8 Å². The maximum atomic E-state index is 11.8. The van der Waals surface area contributed by atoms with Crippen LogP contribution >= 0.6 is 12.4 Å². The van der Waals surface area contributed by atoms with Crippen molar-refractivity contribution in [3.8, 4) is 0 Å². The molecule has 1 rings (SSSR count). The van der Waals surface area contributed by atoms with Crippen LogP contribution in [0.25, 0.3) is 0 Å². The van der Waals surface area contributed by atoms with Crippen molar-refractivity contribution in [1.29, 1.82) is 0 Å². The van der Waals surface area contributed by atoms with Crippen molar-refractivity contribution in [1.82, 2.24) is 5.32 Å². The molecule has 0 aliphatic carbocycles. The molecular formula is C16H27ClN2O. The minimum Gasteiger partial charge on any atom is -0.356 e. The number of nitrogens with two attached hydrogens (primary N) is 1. The highest BCUT2D eigenvalue weighted by Crippen LogP contribution is 2.19. The lowest BCUT2D eigenvalue weighted by Crippen LogP contribution is -2.25. The number of benzene rings is 1. The molecule has 20 heavy (non-hydrogen) atoms. The Balaban J connectivity index is 0.00000361. The summed E-state index contributed by atoms with van der Waals surface area (Å²) in [6.45, 7) is 5.67. The van der Waals surface area contributed by atoms with Gasteiger partial charge in [-0.2, -0.15) is 0 Å². The predicted molar refractivity (Wildman–Crippen MR) is 87.4 cm³/mol. The van der Waals surface area contributed by atoms with Gasteiger partial charge in [-0.15, -0.1) is 12.4 Å². The van der Waals surface area contributed by atoms with Crippen molar-refractivity contribution in [2.75, 3.05) is 13.1 Å². The predicted octanol–water partition coefficient (Wildman–Crippen LogP) is 3.02. The molecular weight excluding hydrogens is 272 g/mol. The third-order valence-electron chi connectivity index (χ3n) is 3.40. The summed E-state index contributed by atoms with van der Waals surface area (Å²) in [6.07, 6.45) is 3.53. The van der Waals surface area contributed by atoms with E-state index in [1.54, 1.807) is 0 Å². The van der Waals surface area contributed by atoms with E-state index in [2.05, 4.69) is 43.4 Å². The lowest BCUT2D eigenvalue weighted by molar-refractivity contribution is -0.121. The van der Waals surface area contributed by atoms with Gasteiger partial charge in [0.15, 0.2) is 0 Å². The van der Waals surface area contributed by atoms with Gasteiger partial charge in [-0.1, -0.05) is 38.1 Å². The third kappa shape index (κ3) is 6.92. The number of amides is 1. The van der Waals surface area contributed by atoms with Crippen LogP contribution in [0.2, 0.25) is 0 Å². The van der Waals surface area contributed by atoms with Crippen molar-refractivity contribution >= 4 is 18.3 Å². The van der Waals surface area contributed by atoms with E-state index in [9.17, 15) is 4.79 Å². The van der Waals surface area contributed by atoms with Crippen LogP contribution in [0.3, 0.4) is 0 Å². The molecule has 0 aromatic heterocycles. The maximum absolute atomic E-state index is 11.8. The molecule has 1 aromatic rings. The lowest BCUT2D eigenvalue weighted by atomic mass is 9.96. The highest BCUT2D eigenvalue weighted by molar-refractivity contribution is 5.85. The van der Waals surface area contributed by atoms with Gasteiger partial charge in [-0.25, -0.2) is 0 Å². The summed E-state index contributed by atoms with van der Waals surface area (Å²) in [5.41, 5.74) is 7.98. The van der Waals surface area contributed by atoms with Crippen molar-refractivity contribution in [2.45, 2.75) is 45.4 Å². The monoisotopic (exact) mass is 298 g/mol. The summed E-state index contributed by atoms with van der Waals surface area (Å²) in [5, 5.41) is 2.95. The Morgan fingerprint density at radius 1 is 1.25 bits per heavy atom. The first-order chi connectivity index (χ1) is 9.17. The van der Waals surface area contributed by atoms with Crippen LogP contribution < -0.4 is 11.1 Å². The molecule has 0 saturated carbocycles. The molecule has 4 heteroatoms. The Labute approximate surface area is 128 Å². The summed E-state index contributed by atoms with van der Waals surface area (Å²) in [4.78, 5) is 11.8. The molecule has 0 heterocycles. The zero-order valence-electron chi connectivity index (χ0n) is 12.5. The molecule has 1 unspecified atom stereocenters. The Kier molecular flexibility index (Phi) is 10.1. The maximum Gasteiger partial charge on any atom is 0.220 e. The average Bonchev–Trinajstić information content (AvgIpc) is 2.43. The second-order valence-corrected chi connectivity index (χ2v) is 5.05. The first-order valence-corrected chi connectivity index (χ1v) is 7.23. The van der Waals surface area contributed by atoms with Crippen molar-refractivity contribution < 1.29 is 4.79 Å². The highest BCUT2D eigenvalue weighted by atomic mass is 35.5. The zero-order valence-corrected chi connectivity index (χ0v) is 13.3. The van der Waals surface area contributed by atoms with E-state index in [1.165, 1.54) is 11.1 Å². The highest BCUT2D eigenvalue weighted by Gasteiger charge is 2.10. The molecule has 114 valence electrons. The molecule has 0 radical (unpaired) electrons. The summed E-state index contributed by atoms with van der Waals surface area (Å²) in [7, 11) is 0. The van der Waals surface area contributed by atoms with E-state index in [-0.39, 0.29) is 24.2 Å². The summed E-state index contributed by atoms with van der Waals surface area (Å²) in [5.74, 6) is 0.393. The van der Waals surface area contributed by atoms with Gasteiger partial charge in [0, 0.05) is 13.0 Å². The summed E-state index contributed by atoms with van der Waals surface area (Å²) < 4.78 is 0. The van der Waals surface area contributed by atoms with Crippen LogP contribution in [-0.2, 0) is 11.2 Å². The molecule has 0 aliphatic rings. The van der Waals surface area contributed by atoms with Gasteiger partial charge in [0.05, 0.1) is 0 Å². The molecule has 3 nitrogen and oxygen atoms in total. The molecule has 0 aliphatic heterocycles. The van der Waals surface area contributed by atoms with E-state index in [1.807, 2.05) is 0 Å². The largest absolute Gasteiger partial charge is 0.356 e. The average molecular weight is 299 g/mol. The number of aryl methyl sites for hydroxylation is 1. The van der Waals surface area contributed by atoms with E-state index in [4.69, 9.17) is 5.73 Å². The van der Waals surface area contributed by atoms with Crippen LogP contribution in [0.5, 0.6) is 0 Å². The van der Waals surface area contributed by atoms with Gasteiger partial charge in [0.1, 0.15) is 0 Å². The van der Waals surface area contributed by atoms with Gasteiger partial charge >= 0.3 is 0 Å². The molecule has 0 fully saturated rings. The second-order valence-electron chi connectivity index (χ2n) is 5.05. The van der Waals surface area contributed by atoms with Crippen LogP contribution in [0, 0.1) is 0 Å². The van der Waals surface area contributed by atoms with Crippen LogP contribution in [0.15, 0.2) is 24.3 Å². The quantitative estimate of drug-likeness (QED) is 0.725.